The lowest BCUT2D eigenvalue weighted by molar-refractivity contribution is -0.137. The Morgan fingerprint density at radius 2 is 1.83 bits per heavy atom. The summed E-state index contributed by atoms with van der Waals surface area (Å²) in [4.78, 5) is 28.9. The summed E-state index contributed by atoms with van der Waals surface area (Å²) in [6.45, 7) is 0.241. The molecule has 0 unspecified atom stereocenters. The molecule has 0 atom stereocenters. The molecule has 6 heteroatoms. The van der Waals surface area contributed by atoms with E-state index in [1.165, 1.54) is 16.8 Å². The minimum Gasteiger partial charge on any atom is -0.480 e. The smallest absolute Gasteiger partial charge is 0.323 e. The highest BCUT2D eigenvalue weighted by molar-refractivity contribution is 5.79. The highest BCUT2D eigenvalue weighted by atomic mass is 16.4. The van der Waals surface area contributed by atoms with Crippen LogP contribution in [0.15, 0.2) is 24.5 Å². The Morgan fingerprint density at radius 1 is 1.22 bits per heavy atom. The van der Waals surface area contributed by atoms with Gasteiger partial charge in [-0.2, -0.15) is 0 Å². The zero-order valence-electron chi connectivity index (χ0n) is 10.5. The summed E-state index contributed by atoms with van der Waals surface area (Å²) < 4.78 is 0. The Bertz CT molecular complexity index is 408. The van der Waals surface area contributed by atoms with Crippen LogP contribution in [0, 0.1) is 0 Å². The van der Waals surface area contributed by atoms with Crippen molar-refractivity contribution in [2.75, 3.05) is 27.2 Å². The van der Waals surface area contributed by atoms with E-state index in [9.17, 15) is 9.59 Å². The quantitative estimate of drug-likeness (QED) is 0.835. The monoisotopic (exact) mass is 251 g/mol. The van der Waals surface area contributed by atoms with Crippen molar-refractivity contribution in [2.24, 2.45) is 0 Å². The molecule has 1 N–H and O–H groups in total. The molecule has 18 heavy (non-hydrogen) atoms. The maximum absolute atomic E-state index is 11.8. The number of hydrogen-bond donors (Lipinski definition) is 1. The largest absolute Gasteiger partial charge is 0.480 e. The van der Waals surface area contributed by atoms with Gasteiger partial charge in [-0.25, -0.2) is 4.79 Å². The van der Waals surface area contributed by atoms with Gasteiger partial charge in [0.05, 0.1) is 0 Å². The van der Waals surface area contributed by atoms with Crippen LogP contribution in [0.25, 0.3) is 0 Å². The summed E-state index contributed by atoms with van der Waals surface area (Å²) in [7, 11) is 3.13. The van der Waals surface area contributed by atoms with Crippen molar-refractivity contribution in [3.05, 3.63) is 30.1 Å². The fourth-order valence-electron chi connectivity index (χ4n) is 1.50. The number of rotatable bonds is 5. The second-order valence-corrected chi connectivity index (χ2v) is 4.06. The van der Waals surface area contributed by atoms with Crippen LogP contribution in [0.1, 0.15) is 5.56 Å². The Balaban J connectivity index is 2.43. The number of carbonyl (C=O) groups is 2. The number of carboxylic acids is 1. The van der Waals surface area contributed by atoms with Crippen molar-refractivity contribution in [3.63, 3.8) is 0 Å². The standard InChI is InChI=1S/C12H17N3O3/c1-14(12(18)15(2)9-11(16)17)8-5-10-3-6-13-7-4-10/h3-4,6-7H,5,8-9H2,1-2H3,(H,16,17). The summed E-state index contributed by atoms with van der Waals surface area (Å²) in [5.74, 6) is -1.02. The van der Waals surface area contributed by atoms with E-state index in [1.54, 1.807) is 19.4 Å². The highest BCUT2D eigenvalue weighted by Crippen LogP contribution is 2.01. The molecule has 98 valence electrons. The van der Waals surface area contributed by atoms with Crippen molar-refractivity contribution >= 4 is 12.0 Å². The first kappa shape index (κ1) is 14.0. The van der Waals surface area contributed by atoms with Crippen LogP contribution in [-0.4, -0.2) is 59.1 Å². The van der Waals surface area contributed by atoms with Crippen LogP contribution in [0.2, 0.25) is 0 Å². The maximum atomic E-state index is 11.8. The molecule has 1 heterocycles. The number of amides is 2. The molecule has 1 aromatic heterocycles. The Kier molecular flexibility index (Phi) is 5.10. The molecule has 1 aromatic rings. The first-order chi connectivity index (χ1) is 8.50. The molecule has 6 nitrogen and oxygen atoms in total. The van der Waals surface area contributed by atoms with Crippen LogP contribution in [0.5, 0.6) is 0 Å². The summed E-state index contributed by atoms with van der Waals surface area (Å²) >= 11 is 0. The van der Waals surface area contributed by atoms with Gasteiger partial charge in [-0.1, -0.05) is 0 Å². The molecule has 0 aromatic carbocycles. The van der Waals surface area contributed by atoms with Crippen LogP contribution in [-0.2, 0) is 11.2 Å². The fourth-order valence-corrected chi connectivity index (χ4v) is 1.50. The maximum Gasteiger partial charge on any atom is 0.323 e. The van der Waals surface area contributed by atoms with Gasteiger partial charge in [0, 0.05) is 33.0 Å². The molecule has 0 radical (unpaired) electrons. The predicted octanol–water partition coefficient (Wildman–Crippen LogP) is 0.692. The van der Waals surface area contributed by atoms with Crippen LogP contribution < -0.4 is 0 Å². The van der Waals surface area contributed by atoms with Gasteiger partial charge in [0.1, 0.15) is 6.54 Å². The van der Waals surface area contributed by atoms with Gasteiger partial charge in [-0.3, -0.25) is 9.78 Å². The van der Waals surface area contributed by atoms with Gasteiger partial charge in [-0.05, 0) is 24.1 Å². The van der Waals surface area contributed by atoms with Gasteiger partial charge in [-0.15, -0.1) is 0 Å². The number of carbonyl (C=O) groups excluding carboxylic acids is 1. The predicted molar refractivity (Wildman–Crippen MR) is 66.2 cm³/mol. The molecule has 0 saturated carbocycles. The summed E-state index contributed by atoms with van der Waals surface area (Å²) in [5, 5.41) is 8.60. The van der Waals surface area contributed by atoms with Gasteiger partial charge in [0.2, 0.25) is 0 Å². The van der Waals surface area contributed by atoms with Crippen molar-refractivity contribution in [1.82, 2.24) is 14.8 Å². The Morgan fingerprint density at radius 3 is 2.39 bits per heavy atom. The number of likely N-dealkylation sites (N-methyl/N-ethyl adjacent to an activating group) is 2. The van der Waals surface area contributed by atoms with Crippen LogP contribution >= 0.6 is 0 Å². The van der Waals surface area contributed by atoms with Crippen LogP contribution in [0.3, 0.4) is 0 Å². The number of aromatic nitrogens is 1. The van der Waals surface area contributed by atoms with E-state index in [-0.39, 0.29) is 12.6 Å². The average molecular weight is 251 g/mol. The van der Waals surface area contributed by atoms with Gasteiger partial charge in [0.25, 0.3) is 0 Å². The lowest BCUT2D eigenvalue weighted by atomic mass is 10.2. The topological polar surface area (TPSA) is 73.7 Å². The van der Waals surface area contributed by atoms with Crippen molar-refractivity contribution in [3.8, 4) is 0 Å². The minimum atomic E-state index is -1.02. The molecule has 2 amide bonds. The van der Waals surface area contributed by atoms with Gasteiger partial charge >= 0.3 is 12.0 Å². The lowest BCUT2D eigenvalue weighted by Gasteiger charge is -2.23. The van der Waals surface area contributed by atoms with Crippen molar-refractivity contribution < 1.29 is 14.7 Å². The molecule has 0 aliphatic heterocycles. The van der Waals surface area contributed by atoms with Crippen molar-refractivity contribution in [1.29, 1.82) is 0 Å². The zero-order chi connectivity index (χ0) is 13.5. The number of hydrogen-bond acceptors (Lipinski definition) is 3. The average Bonchev–Trinajstić information content (AvgIpc) is 2.35. The van der Waals surface area contributed by atoms with E-state index < -0.39 is 5.97 Å². The third kappa shape index (κ3) is 4.40. The molecular formula is C12H17N3O3. The third-order valence-corrected chi connectivity index (χ3v) is 2.51. The highest BCUT2D eigenvalue weighted by Gasteiger charge is 2.15. The van der Waals surface area contributed by atoms with E-state index in [2.05, 4.69) is 4.98 Å². The second kappa shape index (κ2) is 6.58. The number of carboxylic acid groups (broad SMARTS) is 1. The van der Waals surface area contributed by atoms with Crippen molar-refractivity contribution in [2.45, 2.75) is 6.42 Å². The third-order valence-electron chi connectivity index (χ3n) is 2.51. The first-order valence-corrected chi connectivity index (χ1v) is 5.57. The number of nitrogens with zero attached hydrogens (tertiary/aromatic N) is 3. The summed E-state index contributed by atoms with van der Waals surface area (Å²) in [6.07, 6.45) is 4.12. The second-order valence-electron chi connectivity index (χ2n) is 4.06. The number of aliphatic carboxylic acids is 1. The summed E-state index contributed by atoms with van der Waals surface area (Å²) in [6, 6.07) is 3.48. The molecule has 0 aliphatic rings. The molecule has 0 saturated heterocycles. The molecule has 0 aliphatic carbocycles. The van der Waals surface area contributed by atoms with E-state index in [0.29, 0.717) is 13.0 Å². The van der Waals surface area contributed by atoms with E-state index >= 15 is 0 Å². The molecular weight excluding hydrogens is 234 g/mol. The molecule has 0 bridgehead atoms. The molecule has 0 spiro atoms. The van der Waals surface area contributed by atoms with Gasteiger partial charge < -0.3 is 14.9 Å². The fraction of sp³-hybridized carbons (Fsp3) is 0.417. The number of urea groups is 1. The molecule has 1 rings (SSSR count). The normalized spacial score (nSPS) is 9.89. The molecule has 0 fully saturated rings. The zero-order valence-corrected chi connectivity index (χ0v) is 10.5. The van der Waals surface area contributed by atoms with Crippen LogP contribution in [0.4, 0.5) is 4.79 Å². The SMILES string of the molecule is CN(CCc1ccncc1)C(=O)N(C)CC(=O)O. The number of pyridine rings is 1. The Labute approximate surface area is 106 Å². The lowest BCUT2D eigenvalue weighted by Crippen LogP contribution is -2.42. The summed E-state index contributed by atoms with van der Waals surface area (Å²) in [5.41, 5.74) is 1.09. The van der Waals surface area contributed by atoms with E-state index in [1.807, 2.05) is 12.1 Å². The first-order valence-electron chi connectivity index (χ1n) is 5.57. The Hall–Kier alpha value is -2.11. The van der Waals surface area contributed by atoms with Gasteiger partial charge in [0.15, 0.2) is 0 Å². The minimum absolute atomic E-state index is 0.293. The van der Waals surface area contributed by atoms with E-state index in [0.717, 1.165) is 5.56 Å². The van der Waals surface area contributed by atoms with E-state index in [4.69, 9.17) is 5.11 Å².